The zero-order valence-electron chi connectivity index (χ0n) is 18.3. The van der Waals surface area contributed by atoms with Crippen molar-refractivity contribution in [3.63, 3.8) is 0 Å². The molecular weight excluding hydrogens is 432 g/mol. The summed E-state index contributed by atoms with van der Waals surface area (Å²) in [7, 11) is 0. The maximum Gasteiger partial charge on any atom is 0.159 e. The molecule has 1 saturated heterocycles. The van der Waals surface area contributed by atoms with Crippen LogP contribution in [0.3, 0.4) is 0 Å². The molecule has 172 valence electrons. The molecule has 6 heteroatoms. The lowest BCUT2D eigenvalue weighted by atomic mass is 10.0. The zero-order chi connectivity index (χ0) is 23.4. The first-order valence-electron chi connectivity index (χ1n) is 11.0. The van der Waals surface area contributed by atoms with Crippen LogP contribution in [0.15, 0.2) is 42.5 Å². The second-order valence-electron chi connectivity index (χ2n) is 8.30. The van der Waals surface area contributed by atoms with Gasteiger partial charge in [0.15, 0.2) is 17.9 Å². The number of rotatable bonds is 5. The summed E-state index contributed by atoms with van der Waals surface area (Å²) in [6.07, 6.45) is 2.69. The van der Waals surface area contributed by atoms with E-state index in [1.165, 1.54) is 12.1 Å². The van der Waals surface area contributed by atoms with Crippen molar-refractivity contribution in [3.8, 4) is 11.8 Å². The Morgan fingerprint density at radius 2 is 1.45 bits per heavy atom. The maximum absolute atomic E-state index is 14.6. The lowest BCUT2D eigenvalue weighted by Crippen LogP contribution is -2.32. The molecule has 3 aromatic rings. The van der Waals surface area contributed by atoms with E-state index < -0.39 is 23.3 Å². The predicted molar refractivity (Wildman–Crippen MR) is 119 cm³/mol. The van der Waals surface area contributed by atoms with Gasteiger partial charge in [-0.15, -0.1) is 0 Å². The van der Waals surface area contributed by atoms with Crippen LogP contribution in [0.4, 0.5) is 17.6 Å². The summed E-state index contributed by atoms with van der Waals surface area (Å²) in [4.78, 5) is 0. The molecule has 1 fully saturated rings. The van der Waals surface area contributed by atoms with Gasteiger partial charge in [-0.1, -0.05) is 31.3 Å². The van der Waals surface area contributed by atoms with E-state index in [-0.39, 0.29) is 11.9 Å². The molecule has 0 bridgehead atoms. The van der Waals surface area contributed by atoms with Gasteiger partial charge < -0.3 is 9.47 Å². The van der Waals surface area contributed by atoms with Gasteiger partial charge in [-0.3, -0.25) is 0 Å². The highest BCUT2D eigenvalue weighted by Crippen LogP contribution is 2.22. The van der Waals surface area contributed by atoms with Crippen LogP contribution in [0, 0.1) is 41.0 Å². The van der Waals surface area contributed by atoms with Crippen LogP contribution in [0.1, 0.15) is 42.9 Å². The van der Waals surface area contributed by atoms with E-state index in [9.17, 15) is 17.6 Å². The largest absolute Gasteiger partial charge is 0.352 e. The van der Waals surface area contributed by atoms with Gasteiger partial charge in [0.05, 0.1) is 18.8 Å². The van der Waals surface area contributed by atoms with Crippen molar-refractivity contribution in [3.05, 3.63) is 82.4 Å². The molecule has 0 unspecified atom stereocenters. The molecule has 1 aliphatic rings. The Kier molecular flexibility index (Phi) is 7.32. The molecule has 0 amide bonds. The van der Waals surface area contributed by atoms with Gasteiger partial charge >= 0.3 is 0 Å². The van der Waals surface area contributed by atoms with Gasteiger partial charge in [-0.25, -0.2) is 17.6 Å². The van der Waals surface area contributed by atoms with E-state index in [0.29, 0.717) is 53.9 Å². The number of ether oxygens (including phenoxy) is 2. The monoisotopic (exact) mass is 456 g/mol. The molecule has 1 aliphatic heterocycles. The Morgan fingerprint density at radius 1 is 0.788 bits per heavy atom. The van der Waals surface area contributed by atoms with Crippen LogP contribution in [0.5, 0.6) is 0 Å². The topological polar surface area (TPSA) is 18.5 Å². The Bertz CT molecular complexity index is 1180. The van der Waals surface area contributed by atoms with E-state index in [4.69, 9.17) is 9.47 Å². The van der Waals surface area contributed by atoms with Crippen molar-refractivity contribution >= 4 is 10.8 Å². The van der Waals surface area contributed by atoms with Gasteiger partial charge in [0, 0.05) is 17.9 Å². The number of benzene rings is 3. The molecule has 0 radical (unpaired) electrons. The smallest absolute Gasteiger partial charge is 0.159 e. The molecular formula is C27H24F4O2. The van der Waals surface area contributed by atoms with Crippen LogP contribution in [0.25, 0.3) is 10.8 Å². The Balaban J connectivity index is 1.43. The highest BCUT2D eigenvalue weighted by molar-refractivity contribution is 5.84. The van der Waals surface area contributed by atoms with Gasteiger partial charge in [0.2, 0.25) is 0 Å². The third-order valence-corrected chi connectivity index (χ3v) is 5.71. The van der Waals surface area contributed by atoms with Crippen molar-refractivity contribution in [2.24, 2.45) is 5.92 Å². The highest BCUT2D eigenvalue weighted by Gasteiger charge is 2.21. The first-order valence-corrected chi connectivity index (χ1v) is 11.0. The van der Waals surface area contributed by atoms with E-state index in [2.05, 4.69) is 18.8 Å². The lowest BCUT2D eigenvalue weighted by Gasteiger charge is -2.29. The van der Waals surface area contributed by atoms with E-state index >= 15 is 0 Å². The Hall–Kier alpha value is -2.88. The fourth-order valence-corrected chi connectivity index (χ4v) is 3.95. The highest BCUT2D eigenvalue weighted by atomic mass is 19.2. The minimum absolute atomic E-state index is 0.336. The molecule has 1 heterocycles. The predicted octanol–water partition coefficient (Wildman–Crippen LogP) is 6.52. The van der Waals surface area contributed by atoms with E-state index in [0.717, 1.165) is 25.0 Å². The summed E-state index contributed by atoms with van der Waals surface area (Å²) in [5, 5.41) is 0.957. The Morgan fingerprint density at radius 3 is 2.12 bits per heavy atom. The summed E-state index contributed by atoms with van der Waals surface area (Å²) in [6, 6.07) is 9.42. The van der Waals surface area contributed by atoms with Crippen molar-refractivity contribution in [2.45, 2.75) is 38.9 Å². The van der Waals surface area contributed by atoms with E-state index in [1.807, 2.05) is 0 Å². The number of halogens is 4. The summed E-state index contributed by atoms with van der Waals surface area (Å²) < 4.78 is 67.4. The van der Waals surface area contributed by atoms with Crippen LogP contribution >= 0.6 is 0 Å². The van der Waals surface area contributed by atoms with Gasteiger partial charge in [0.25, 0.3) is 0 Å². The van der Waals surface area contributed by atoms with Crippen LogP contribution in [-0.4, -0.2) is 19.5 Å². The summed E-state index contributed by atoms with van der Waals surface area (Å²) >= 11 is 0. The molecule has 0 atom stereocenters. The molecule has 3 aromatic carbocycles. The molecule has 0 saturated carbocycles. The fourth-order valence-electron chi connectivity index (χ4n) is 3.95. The van der Waals surface area contributed by atoms with Crippen molar-refractivity contribution in [1.29, 1.82) is 0 Å². The normalized spacial score (nSPS) is 18.2. The molecule has 0 spiro atoms. The van der Waals surface area contributed by atoms with Crippen LogP contribution in [-0.2, 0) is 15.9 Å². The van der Waals surface area contributed by atoms with Gasteiger partial charge in [0.1, 0.15) is 11.6 Å². The molecule has 0 aromatic heterocycles. The Labute approximate surface area is 190 Å². The fraction of sp³-hybridized carbons (Fsp3) is 0.333. The second-order valence-corrected chi connectivity index (χ2v) is 8.30. The molecule has 0 aliphatic carbocycles. The maximum atomic E-state index is 14.6. The zero-order valence-corrected chi connectivity index (χ0v) is 18.3. The first kappa shape index (κ1) is 23.3. The van der Waals surface area contributed by atoms with Gasteiger partial charge in [-0.05, 0) is 65.6 Å². The first-order chi connectivity index (χ1) is 15.9. The lowest BCUT2D eigenvalue weighted by molar-refractivity contribution is -0.203. The number of fused-ring (bicyclic) bond motifs is 1. The number of aryl methyl sites for hydroxylation is 1. The number of hydrogen-bond donors (Lipinski definition) is 0. The quantitative estimate of drug-likeness (QED) is 0.322. The molecule has 0 N–H and O–H groups in total. The number of hydrogen-bond acceptors (Lipinski definition) is 2. The van der Waals surface area contributed by atoms with Crippen LogP contribution < -0.4 is 0 Å². The van der Waals surface area contributed by atoms with Crippen molar-refractivity contribution in [2.75, 3.05) is 13.2 Å². The minimum Gasteiger partial charge on any atom is -0.352 e. The van der Waals surface area contributed by atoms with Gasteiger partial charge in [-0.2, -0.15) is 0 Å². The van der Waals surface area contributed by atoms with E-state index in [1.54, 1.807) is 18.2 Å². The third kappa shape index (κ3) is 5.73. The summed E-state index contributed by atoms with van der Waals surface area (Å²) in [5.41, 5.74) is 0.600. The third-order valence-electron chi connectivity index (χ3n) is 5.71. The molecule has 2 nitrogen and oxygen atoms in total. The SMILES string of the molecule is CCCC1COC(CCc2cc(F)c(C#Cc3ccc4cc(F)c(F)cc4c3)c(F)c2)OC1. The molecule has 33 heavy (non-hydrogen) atoms. The van der Waals surface area contributed by atoms with Crippen molar-refractivity contribution in [1.82, 2.24) is 0 Å². The standard InChI is InChI=1S/C27H24F4O2/c1-2-3-19-15-32-27(33-16-19)9-6-18-11-23(28)22(24(29)12-18)8-5-17-4-7-20-13-25(30)26(31)14-21(20)10-17/h4,7,10-14,19,27H,2-3,6,9,15-16H2,1H3. The summed E-state index contributed by atoms with van der Waals surface area (Å²) in [5.74, 6) is 2.22. The molecule has 4 rings (SSSR count). The second kappa shape index (κ2) is 10.4. The summed E-state index contributed by atoms with van der Waals surface area (Å²) in [6.45, 7) is 3.41. The average Bonchev–Trinajstić information content (AvgIpc) is 2.79. The van der Waals surface area contributed by atoms with Crippen molar-refractivity contribution < 1.29 is 27.0 Å². The van der Waals surface area contributed by atoms with Crippen LogP contribution in [0.2, 0.25) is 0 Å². The minimum atomic E-state index is -0.968. The average molecular weight is 456 g/mol.